The Balaban J connectivity index is 0.000000225. The summed E-state index contributed by atoms with van der Waals surface area (Å²) in [5, 5.41) is 5.37. The SMILES string of the molecule is Cc1cc2c(-c3ccccc3)cccc2[cH-]1.Cc1cc2c(-c3ccccc3)cccc2[cH-]1.[Cl-].[Cl-].[Cl][Zr+2][Cl]. The molecule has 0 saturated heterocycles. The van der Waals surface area contributed by atoms with Crippen LogP contribution in [0.1, 0.15) is 11.1 Å². The molecule has 0 amide bonds. The van der Waals surface area contributed by atoms with Gasteiger partial charge in [0.05, 0.1) is 0 Å². The van der Waals surface area contributed by atoms with E-state index in [0.717, 1.165) is 0 Å². The molecule has 0 aliphatic heterocycles. The summed E-state index contributed by atoms with van der Waals surface area (Å²) < 4.78 is 0. The number of fused-ring (bicyclic) bond motifs is 2. The minimum absolute atomic E-state index is 0. The predicted molar refractivity (Wildman–Crippen MR) is 151 cm³/mol. The molecule has 6 aromatic rings. The first kappa shape index (κ1) is 31.4. The van der Waals surface area contributed by atoms with Crippen molar-refractivity contribution >= 4 is 38.6 Å². The third-order valence-electron chi connectivity index (χ3n) is 5.96. The molecular weight excluding hydrogens is 617 g/mol. The molecule has 5 heteroatoms. The molecule has 6 rings (SSSR count). The molecule has 188 valence electrons. The van der Waals surface area contributed by atoms with Gasteiger partial charge in [-0.2, -0.15) is 12.1 Å². The zero-order chi connectivity index (χ0) is 24.6. The quantitative estimate of drug-likeness (QED) is 0.245. The van der Waals surface area contributed by atoms with E-state index in [1.54, 1.807) is 0 Å². The second-order valence-electron chi connectivity index (χ2n) is 8.49. The van der Waals surface area contributed by atoms with Crippen LogP contribution in [0.5, 0.6) is 0 Å². The summed E-state index contributed by atoms with van der Waals surface area (Å²) in [5.41, 5.74) is 7.89. The van der Waals surface area contributed by atoms with E-state index in [0.29, 0.717) is 0 Å². The van der Waals surface area contributed by atoms with E-state index in [1.165, 1.54) is 54.9 Å². The number of hydrogen-bond donors (Lipinski definition) is 0. The van der Waals surface area contributed by atoms with Gasteiger partial charge in [-0.3, -0.25) is 0 Å². The first-order valence-corrected chi connectivity index (χ1v) is 17.8. The van der Waals surface area contributed by atoms with Crippen LogP contribution in [0.25, 0.3) is 43.8 Å². The Kier molecular flexibility index (Phi) is 13.2. The van der Waals surface area contributed by atoms with Crippen molar-refractivity contribution in [3.63, 3.8) is 0 Å². The number of halogens is 4. The van der Waals surface area contributed by atoms with Crippen molar-refractivity contribution in [3.8, 4) is 22.3 Å². The molecule has 0 nitrogen and oxygen atoms in total. The second-order valence-corrected chi connectivity index (χ2v) is 12.2. The molecule has 37 heavy (non-hydrogen) atoms. The standard InChI is InChI=1S/2C16H13.4ClH.Zr/c2*1-12-10-14-8-5-9-15(16(14)11-12)13-6-3-2-4-7-13;;;;;/h2*2-11H,1H3;4*1H;/q2*-1;;;;;+4/p-4. The third kappa shape index (κ3) is 8.06. The van der Waals surface area contributed by atoms with Crippen LogP contribution in [0.3, 0.4) is 0 Å². The number of aryl methyl sites for hydroxylation is 2. The molecule has 0 aromatic heterocycles. The average Bonchev–Trinajstić information content (AvgIpc) is 3.46. The second kappa shape index (κ2) is 15.5. The van der Waals surface area contributed by atoms with Gasteiger partial charge >= 0.3 is 37.9 Å². The van der Waals surface area contributed by atoms with E-state index in [2.05, 4.69) is 135 Å². The summed E-state index contributed by atoms with van der Waals surface area (Å²) in [5.74, 6) is 0. The Morgan fingerprint density at radius 1 is 0.514 bits per heavy atom. The Morgan fingerprint density at radius 2 is 0.865 bits per heavy atom. The van der Waals surface area contributed by atoms with Crippen molar-refractivity contribution in [1.82, 2.24) is 0 Å². The molecule has 6 aromatic carbocycles. The fourth-order valence-electron chi connectivity index (χ4n) is 4.51. The van der Waals surface area contributed by atoms with Crippen LogP contribution in [0, 0.1) is 13.8 Å². The number of hydrogen-bond acceptors (Lipinski definition) is 0. The van der Waals surface area contributed by atoms with E-state index in [9.17, 15) is 0 Å². The molecule has 0 radical (unpaired) electrons. The van der Waals surface area contributed by atoms with Gasteiger partial charge in [0.25, 0.3) is 0 Å². The van der Waals surface area contributed by atoms with Gasteiger partial charge in [0, 0.05) is 0 Å². The Labute approximate surface area is 250 Å². The summed E-state index contributed by atoms with van der Waals surface area (Å²) in [6.07, 6.45) is 0. The molecule has 0 bridgehead atoms. The van der Waals surface area contributed by atoms with Crippen molar-refractivity contribution in [2.45, 2.75) is 13.8 Å². The van der Waals surface area contributed by atoms with Crippen molar-refractivity contribution < 1.29 is 45.7 Å². The van der Waals surface area contributed by atoms with Crippen LogP contribution in [-0.4, -0.2) is 0 Å². The van der Waals surface area contributed by atoms with Gasteiger partial charge in [-0.1, -0.05) is 97.8 Å². The van der Waals surface area contributed by atoms with Gasteiger partial charge in [0.1, 0.15) is 0 Å². The molecule has 0 N–H and O–H groups in total. The van der Waals surface area contributed by atoms with Crippen LogP contribution in [-0.2, 0) is 20.8 Å². The summed E-state index contributed by atoms with van der Waals surface area (Å²) >= 11 is -0.826. The topological polar surface area (TPSA) is 0 Å². The molecule has 0 heterocycles. The first-order valence-electron chi connectivity index (χ1n) is 11.5. The Bertz CT molecular complexity index is 1390. The molecular formula is C32H26Cl4Zr-2. The van der Waals surface area contributed by atoms with Gasteiger partial charge in [-0.05, 0) is 11.1 Å². The van der Waals surface area contributed by atoms with Crippen molar-refractivity contribution in [3.05, 3.63) is 132 Å². The normalized spacial score (nSPS) is 9.62. The maximum atomic E-state index is 4.93. The van der Waals surface area contributed by atoms with E-state index < -0.39 is 20.8 Å². The van der Waals surface area contributed by atoms with Crippen molar-refractivity contribution in [1.29, 1.82) is 0 Å². The van der Waals surface area contributed by atoms with Crippen LogP contribution >= 0.6 is 17.0 Å². The Hall–Kier alpha value is -1.86. The van der Waals surface area contributed by atoms with Crippen LogP contribution < -0.4 is 24.8 Å². The molecule has 0 aliphatic rings. The first-order chi connectivity index (χ1) is 17.1. The van der Waals surface area contributed by atoms with Crippen LogP contribution in [0.4, 0.5) is 0 Å². The average molecular weight is 644 g/mol. The van der Waals surface area contributed by atoms with E-state index in [-0.39, 0.29) is 24.8 Å². The van der Waals surface area contributed by atoms with E-state index in [4.69, 9.17) is 17.0 Å². The molecule has 0 atom stereocenters. The van der Waals surface area contributed by atoms with Crippen LogP contribution in [0.15, 0.2) is 121 Å². The van der Waals surface area contributed by atoms with Crippen molar-refractivity contribution in [2.75, 3.05) is 0 Å². The molecule has 0 aliphatic carbocycles. The predicted octanol–water partition coefficient (Wildman–Crippen LogP) is 4.45. The zero-order valence-corrected chi connectivity index (χ0v) is 26.0. The van der Waals surface area contributed by atoms with Crippen LogP contribution in [0.2, 0.25) is 0 Å². The fraction of sp³-hybridized carbons (Fsp3) is 0.0625. The summed E-state index contributed by atoms with van der Waals surface area (Å²) in [6, 6.07) is 43.1. The Morgan fingerprint density at radius 3 is 1.22 bits per heavy atom. The van der Waals surface area contributed by atoms with Gasteiger partial charge in [0.2, 0.25) is 0 Å². The molecule has 0 saturated carbocycles. The monoisotopic (exact) mass is 640 g/mol. The molecule has 0 spiro atoms. The van der Waals surface area contributed by atoms with E-state index in [1.807, 2.05) is 0 Å². The van der Waals surface area contributed by atoms with Gasteiger partial charge in [-0.15, -0.1) is 69.1 Å². The minimum atomic E-state index is -0.826. The molecule has 0 unspecified atom stereocenters. The summed E-state index contributed by atoms with van der Waals surface area (Å²) in [4.78, 5) is 0. The van der Waals surface area contributed by atoms with Crippen molar-refractivity contribution in [2.24, 2.45) is 0 Å². The number of benzene rings is 4. The van der Waals surface area contributed by atoms with Gasteiger partial charge in [0.15, 0.2) is 0 Å². The number of rotatable bonds is 2. The summed E-state index contributed by atoms with van der Waals surface area (Å²) in [7, 11) is 9.87. The van der Waals surface area contributed by atoms with Gasteiger partial charge < -0.3 is 24.8 Å². The zero-order valence-electron chi connectivity index (χ0n) is 20.6. The third-order valence-corrected chi connectivity index (χ3v) is 5.96. The fourth-order valence-corrected chi connectivity index (χ4v) is 4.51. The molecule has 0 fully saturated rings. The van der Waals surface area contributed by atoms with E-state index >= 15 is 0 Å². The van der Waals surface area contributed by atoms with Gasteiger partial charge in [-0.25, -0.2) is 0 Å². The maximum absolute atomic E-state index is 4.93. The summed E-state index contributed by atoms with van der Waals surface area (Å²) in [6.45, 7) is 4.30.